The maximum absolute atomic E-state index is 5.19. The van der Waals surface area contributed by atoms with Crippen LogP contribution in [0.4, 0.5) is 0 Å². The first-order chi connectivity index (χ1) is 10.3. The lowest BCUT2D eigenvalue weighted by molar-refractivity contribution is 0.0686. The molecule has 114 valence electrons. The number of nitrogens with zero attached hydrogens (tertiary/aromatic N) is 2. The van der Waals surface area contributed by atoms with Gasteiger partial charge in [0.25, 0.3) is 0 Å². The molecule has 0 aliphatic carbocycles. The molecule has 1 aromatic rings. The molecule has 0 unspecified atom stereocenters. The smallest absolute Gasteiger partial charge is 0.118 e. The summed E-state index contributed by atoms with van der Waals surface area (Å²) in [4.78, 5) is 5.29. The van der Waals surface area contributed by atoms with E-state index in [1.165, 1.54) is 38.0 Å². The average molecular weight is 286 g/mol. The van der Waals surface area contributed by atoms with Crippen molar-refractivity contribution in [2.24, 2.45) is 0 Å². The van der Waals surface area contributed by atoms with Crippen LogP contribution in [0.3, 0.4) is 0 Å². The highest BCUT2D eigenvalue weighted by Crippen LogP contribution is 2.24. The van der Waals surface area contributed by atoms with Gasteiger partial charge in [0.2, 0.25) is 0 Å². The van der Waals surface area contributed by atoms with E-state index in [1.54, 1.807) is 7.11 Å². The lowest BCUT2D eigenvalue weighted by Gasteiger charge is -2.41. The van der Waals surface area contributed by atoms with Crippen molar-refractivity contribution in [1.29, 1.82) is 0 Å². The summed E-state index contributed by atoms with van der Waals surface area (Å²) >= 11 is 0. The molecule has 2 atom stereocenters. The molecule has 3 heteroatoms. The van der Waals surface area contributed by atoms with Crippen LogP contribution in [0.1, 0.15) is 25.3 Å². The van der Waals surface area contributed by atoms with Gasteiger partial charge in [-0.3, -0.25) is 9.80 Å². The van der Waals surface area contributed by atoms with Crippen molar-refractivity contribution >= 4 is 6.08 Å². The molecule has 0 amide bonds. The SMILES string of the molecule is COc1ccc(/C=C/CN2C[C@H]3CCCN3C[C@H]2C)cc1. The van der Waals surface area contributed by atoms with Gasteiger partial charge in [-0.05, 0) is 44.0 Å². The van der Waals surface area contributed by atoms with E-state index in [1.807, 2.05) is 12.1 Å². The van der Waals surface area contributed by atoms with E-state index in [4.69, 9.17) is 4.74 Å². The van der Waals surface area contributed by atoms with Crippen molar-refractivity contribution in [2.45, 2.75) is 31.8 Å². The minimum Gasteiger partial charge on any atom is -0.497 e. The fourth-order valence-corrected chi connectivity index (χ4v) is 3.54. The third-order valence-corrected chi connectivity index (χ3v) is 4.83. The van der Waals surface area contributed by atoms with Crippen LogP contribution in [0.5, 0.6) is 5.75 Å². The highest BCUT2D eigenvalue weighted by molar-refractivity contribution is 5.50. The topological polar surface area (TPSA) is 15.7 Å². The van der Waals surface area contributed by atoms with Crippen molar-refractivity contribution < 1.29 is 4.74 Å². The quantitative estimate of drug-likeness (QED) is 0.846. The minimum absolute atomic E-state index is 0.667. The Hall–Kier alpha value is -1.32. The van der Waals surface area contributed by atoms with Gasteiger partial charge < -0.3 is 4.74 Å². The molecule has 0 saturated carbocycles. The van der Waals surface area contributed by atoms with E-state index in [0.29, 0.717) is 6.04 Å². The Morgan fingerprint density at radius 3 is 2.81 bits per heavy atom. The van der Waals surface area contributed by atoms with Gasteiger partial charge >= 0.3 is 0 Å². The molecule has 0 bridgehead atoms. The number of hydrogen-bond acceptors (Lipinski definition) is 3. The molecule has 0 aromatic heterocycles. The maximum atomic E-state index is 5.19. The van der Waals surface area contributed by atoms with Crippen LogP contribution in [-0.2, 0) is 0 Å². The number of piperazine rings is 1. The Balaban J connectivity index is 1.54. The van der Waals surface area contributed by atoms with Crippen molar-refractivity contribution in [3.63, 3.8) is 0 Å². The number of methoxy groups -OCH3 is 1. The summed E-state index contributed by atoms with van der Waals surface area (Å²) in [5.74, 6) is 0.915. The first kappa shape index (κ1) is 14.6. The molecule has 3 nitrogen and oxygen atoms in total. The number of fused-ring (bicyclic) bond motifs is 1. The fraction of sp³-hybridized carbons (Fsp3) is 0.556. The number of hydrogen-bond donors (Lipinski definition) is 0. The van der Waals surface area contributed by atoms with Crippen LogP contribution >= 0.6 is 0 Å². The van der Waals surface area contributed by atoms with Gasteiger partial charge in [0.1, 0.15) is 5.75 Å². The Morgan fingerprint density at radius 2 is 2.05 bits per heavy atom. The zero-order valence-electron chi connectivity index (χ0n) is 13.2. The molecule has 2 heterocycles. The van der Waals surface area contributed by atoms with E-state index in [0.717, 1.165) is 18.3 Å². The van der Waals surface area contributed by atoms with Crippen molar-refractivity contribution in [3.05, 3.63) is 35.9 Å². The fourth-order valence-electron chi connectivity index (χ4n) is 3.54. The standard InChI is InChI=1S/C18H26N2O/c1-15-13-20-12-4-6-17(20)14-19(15)11-3-5-16-7-9-18(21-2)10-8-16/h3,5,7-10,15,17H,4,6,11-14H2,1-2H3/b5-3+/t15-,17-/m1/s1. The molecule has 0 N–H and O–H groups in total. The third-order valence-electron chi connectivity index (χ3n) is 4.83. The second kappa shape index (κ2) is 6.63. The number of rotatable bonds is 4. The average Bonchev–Trinajstić information content (AvgIpc) is 2.95. The summed E-state index contributed by atoms with van der Waals surface area (Å²) in [5.41, 5.74) is 1.24. The van der Waals surface area contributed by atoms with Gasteiger partial charge in [-0.15, -0.1) is 0 Å². The van der Waals surface area contributed by atoms with E-state index >= 15 is 0 Å². The Labute approximate surface area is 128 Å². The van der Waals surface area contributed by atoms with Gasteiger partial charge in [-0.25, -0.2) is 0 Å². The van der Waals surface area contributed by atoms with E-state index in [2.05, 4.69) is 41.0 Å². The predicted molar refractivity (Wildman–Crippen MR) is 87.7 cm³/mol. The summed E-state index contributed by atoms with van der Waals surface area (Å²) in [6.07, 6.45) is 7.27. The summed E-state index contributed by atoms with van der Waals surface area (Å²) in [6, 6.07) is 9.70. The summed E-state index contributed by atoms with van der Waals surface area (Å²) in [5, 5.41) is 0. The zero-order chi connectivity index (χ0) is 14.7. The second-order valence-corrected chi connectivity index (χ2v) is 6.27. The molecule has 2 aliphatic heterocycles. The molecular formula is C18H26N2O. The van der Waals surface area contributed by atoms with E-state index in [9.17, 15) is 0 Å². The molecule has 1 aromatic carbocycles. The van der Waals surface area contributed by atoms with E-state index in [-0.39, 0.29) is 0 Å². The first-order valence-electron chi connectivity index (χ1n) is 8.05. The molecule has 21 heavy (non-hydrogen) atoms. The van der Waals surface area contributed by atoms with Crippen molar-refractivity contribution in [1.82, 2.24) is 9.80 Å². The van der Waals surface area contributed by atoms with Gasteiger partial charge in [0, 0.05) is 31.7 Å². The molecule has 0 radical (unpaired) electrons. The highest BCUT2D eigenvalue weighted by Gasteiger charge is 2.33. The molecular weight excluding hydrogens is 260 g/mol. The van der Waals surface area contributed by atoms with Gasteiger partial charge in [0.15, 0.2) is 0 Å². The molecule has 0 spiro atoms. The van der Waals surface area contributed by atoms with Crippen LogP contribution in [0.15, 0.2) is 30.3 Å². The van der Waals surface area contributed by atoms with Gasteiger partial charge in [-0.1, -0.05) is 24.3 Å². The van der Waals surface area contributed by atoms with Crippen LogP contribution in [-0.4, -0.2) is 55.2 Å². The molecule has 2 saturated heterocycles. The Kier molecular flexibility index (Phi) is 4.61. The first-order valence-corrected chi connectivity index (χ1v) is 8.05. The molecule has 2 fully saturated rings. The monoisotopic (exact) mass is 286 g/mol. The molecule has 3 rings (SSSR count). The van der Waals surface area contributed by atoms with E-state index < -0.39 is 0 Å². The van der Waals surface area contributed by atoms with Crippen molar-refractivity contribution in [2.75, 3.05) is 33.3 Å². The number of ether oxygens (including phenoxy) is 1. The third kappa shape index (κ3) is 3.47. The summed E-state index contributed by atoms with van der Waals surface area (Å²) < 4.78 is 5.19. The van der Waals surface area contributed by atoms with Crippen molar-refractivity contribution in [3.8, 4) is 5.75 Å². The van der Waals surface area contributed by atoms with Crippen LogP contribution in [0, 0.1) is 0 Å². The van der Waals surface area contributed by atoms with Crippen LogP contribution in [0.2, 0.25) is 0 Å². The zero-order valence-corrected chi connectivity index (χ0v) is 13.2. The number of benzene rings is 1. The summed E-state index contributed by atoms with van der Waals surface area (Å²) in [7, 11) is 1.70. The normalized spacial score (nSPS) is 27.1. The maximum Gasteiger partial charge on any atom is 0.118 e. The Bertz CT molecular complexity index is 482. The van der Waals surface area contributed by atoms with Gasteiger partial charge in [0.05, 0.1) is 7.11 Å². The highest BCUT2D eigenvalue weighted by atomic mass is 16.5. The largest absolute Gasteiger partial charge is 0.497 e. The van der Waals surface area contributed by atoms with Crippen LogP contribution < -0.4 is 4.74 Å². The predicted octanol–water partition coefficient (Wildman–Crippen LogP) is 2.88. The Morgan fingerprint density at radius 1 is 1.24 bits per heavy atom. The lowest BCUT2D eigenvalue weighted by atomic mass is 10.1. The molecule has 2 aliphatic rings. The van der Waals surface area contributed by atoms with Gasteiger partial charge in [-0.2, -0.15) is 0 Å². The van der Waals surface area contributed by atoms with Crippen LogP contribution in [0.25, 0.3) is 6.08 Å². The second-order valence-electron chi connectivity index (χ2n) is 6.27. The summed E-state index contributed by atoms with van der Waals surface area (Å²) in [6.45, 7) is 7.19. The lowest BCUT2D eigenvalue weighted by Crippen LogP contribution is -2.54. The minimum atomic E-state index is 0.667.